The van der Waals surface area contributed by atoms with E-state index in [1.54, 1.807) is 11.8 Å². The maximum atomic E-state index is 5.80. The summed E-state index contributed by atoms with van der Waals surface area (Å²) in [5.74, 6) is 1.88. The summed E-state index contributed by atoms with van der Waals surface area (Å²) < 4.78 is 5.78. The molecule has 2 aromatic carbocycles. The molecule has 2 rings (SSSR count). The van der Waals surface area contributed by atoms with Crippen LogP contribution in [0.4, 0.5) is 5.69 Å². The van der Waals surface area contributed by atoms with Crippen LogP contribution in [0.15, 0.2) is 47.4 Å². The Kier molecular flexibility index (Phi) is 4.74. The first kappa shape index (κ1) is 13.8. The summed E-state index contributed by atoms with van der Waals surface area (Å²) >= 11 is 1.78. The molecule has 0 radical (unpaired) electrons. The van der Waals surface area contributed by atoms with E-state index in [9.17, 15) is 0 Å². The Balaban J connectivity index is 1.84. The zero-order chi connectivity index (χ0) is 13.7. The molecule has 0 aromatic heterocycles. The van der Waals surface area contributed by atoms with Gasteiger partial charge in [0, 0.05) is 16.3 Å². The van der Waals surface area contributed by atoms with Gasteiger partial charge in [0.1, 0.15) is 5.75 Å². The number of nitrogen functional groups attached to an aromatic ring is 1. The lowest BCUT2D eigenvalue weighted by Crippen LogP contribution is -2.01. The van der Waals surface area contributed by atoms with E-state index in [4.69, 9.17) is 10.5 Å². The van der Waals surface area contributed by atoms with Gasteiger partial charge in [-0.1, -0.05) is 24.3 Å². The summed E-state index contributed by atoms with van der Waals surface area (Å²) in [7, 11) is 0. The highest BCUT2D eigenvalue weighted by atomic mass is 32.2. The highest BCUT2D eigenvalue weighted by Crippen LogP contribution is 2.25. The number of hydrogen-bond acceptors (Lipinski definition) is 3. The average molecular weight is 273 g/mol. The fourth-order valence-corrected chi connectivity index (χ4v) is 2.70. The number of ether oxygens (including phenoxy) is 1. The van der Waals surface area contributed by atoms with Gasteiger partial charge in [-0.05, 0) is 43.2 Å². The monoisotopic (exact) mass is 273 g/mol. The Hall–Kier alpha value is -1.61. The summed E-state index contributed by atoms with van der Waals surface area (Å²) in [4.78, 5) is 1.23. The quantitative estimate of drug-likeness (QED) is 0.507. The minimum Gasteiger partial charge on any atom is -0.492 e. The molecule has 0 saturated carbocycles. The number of anilines is 1. The third kappa shape index (κ3) is 3.93. The Bertz CT molecular complexity index is 554. The molecule has 2 nitrogen and oxygen atoms in total. The number of aryl methyl sites for hydroxylation is 2. The molecule has 0 fully saturated rings. The van der Waals surface area contributed by atoms with Crippen LogP contribution < -0.4 is 10.5 Å². The van der Waals surface area contributed by atoms with Gasteiger partial charge in [-0.3, -0.25) is 0 Å². The van der Waals surface area contributed by atoms with E-state index >= 15 is 0 Å². The van der Waals surface area contributed by atoms with Crippen LogP contribution in [0.1, 0.15) is 11.1 Å². The second kappa shape index (κ2) is 6.53. The fraction of sp³-hybridized carbons (Fsp3) is 0.250. The summed E-state index contributed by atoms with van der Waals surface area (Å²) in [6, 6.07) is 14.1. The molecule has 2 N–H and O–H groups in total. The first-order valence-electron chi connectivity index (χ1n) is 6.34. The van der Waals surface area contributed by atoms with Gasteiger partial charge in [-0.15, -0.1) is 11.8 Å². The normalized spacial score (nSPS) is 10.4. The van der Waals surface area contributed by atoms with Gasteiger partial charge in [0.25, 0.3) is 0 Å². The average Bonchev–Trinajstić information content (AvgIpc) is 2.40. The molecule has 0 saturated heterocycles. The zero-order valence-corrected chi connectivity index (χ0v) is 12.2. The van der Waals surface area contributed by atoms with Crippen molar-refractivity contribution in [3.63, 3.8) is 0 Å². The molecule has 0 atom stereocenters. The second-order valence-electron chi connectivity index (χ2n) is 4.49. The Morgan fingerprint density at radius 3 is 2.63 bits per heavy atom. The predicted octanol–water partition coefficient (Wildman–Crippen LogP) is 4.06. The topological polar surface area (TPSA) is 35.2 Å². The molecule has 3 heteroatoms. The molecule has 2 aromatic rings. The lowest BCUT2D eigenvalue weighted by Gasteiger charge is -2.10. The molecule has 0 aliphatic heterocycles. The summed E-state index contributed by atoms with van der Waals surface area (Å²) in [6.45, 7) is 4.86. The molecular weight excluding hydrogens is 254 g/mol. The first-order valence-corrected chi connectivity index (χ1v) is 7.33. The van der Waals surface area contributed by atoms with Gasteiger partial charge < -0.3 is 10.5 Å². The van der Waals surface area contributed by atoms with Crippen molar-refractivity contribution in [3.05, 3.63) is 53.6 Å². The van der Waals surface area contributed by atoms with Crippen LogP contribution in [0, 0.1) is 13.8 Å². The van der Waals surface area contributed by atoms with E-state index in [1.807, 2.05) is 30.3 Å². The molecule has 100 valence electrons. The Morgan fingerprint density at radius 1 is 1.05 bits per heavy atom. The van der Waals surface area contributed by atoms with E-state index < -0.39 is 0 Å². The summed E-state index contributed by atoms with van der Waals surface area (Å²) in [5.41, 5.74) is 9.04. The first-order chi connectivity index (χ1) is 9.16. The van der Waals surface area contributed by atoms with E-state index in [0.29, 0.717) is 6.61 Å². The standard InChI is InChI=1S/C16H19NOS/c1-12-5-3-4-6-15(12)18-9-10-19-16-11-14(17)8-7-13(16)2/h3-8,11H,9-10,17H2,1-2H3. The number of benzene rings is 2. The molecule has 0 aliphatic carbocycles. The van der Waals surface area contributed by atoms with Gasteiger partial charge in [-0.2, -0.15) is 0 Å². The molecule has 19 heavy (non-hydrogen) atoms. The molecule has 0 amide bonds. The van der Waals surface area contributed by atoms with Crippen LogP contribution in [-0.2, 0) is 0 Å². The predicted molar refractivity (Wildman–Crippen MR) is 83.0 cm³/mol. The molecule has 0 bridgehead atoms. The number of nitrogens with two attached hydrogens (primary N) is 1. The Morgan fingerprint density at radius 2 is 1.84 bits per heavy atom. The molecule has 0 unspecified atom stereocenters. The smallest absolute Gasteiger partial charge is 0.122 e. The third-order valence-corrected chi connectivity index (χ3v) is 4.03. The second-order valence-corrected chi connectivity index (χ2v) is 5.62. The van der Waals surface area contributed by atoms with Crippen LogP contribution in [0.5, 0.6) is 5.75 Å². The van der Waals surface area contributed by atoms with Crippen molar-refractivity contribution in [2.75, 3.05) is 18.1 Å². The maximum absolute atomic E-state index is 5.80. The summed E-state index contributed by atoms with van der Waals surface area (Å²) in [6.07, 6.45) is 0. The minimum absolute atomic E-state index is 0.698. The van der Waals surface area contributed by atoms with Gasteiger partial charge in [-0.25, -0.2) is 0 Å². The summed E-state index contributed by atoms with van der Waals surface area (Å²) in [5, 5.41) is 0. The number of hydrogen-bond donors (Lipinski definition) is 1. The lowest BCUT2D eigenvalue weighted by molar-refractivity contribution is 0.341. The van der Waals surface area contributed by atoms with Crippen molar-refractivity contribution in [2.45, 2.75) is 18.7 Å². The number of thioether (sulfide) groups is 1. The van der Waals surface area contributed by atoms with Crippen LogP contribution >= 0.6 is 11.8 Å². The fourth-order valence-electron chi connectivity index (χ4n) is 1.79. The highest BCUT2D eigenvalue weighted by Gasteiger charge is 2.01. The van der Waals surface area contributed by atoms with E-state index in [0.717, 1.165) is 17.2 Å². The largest absolute Gasteiger partial charge is 0.492 e. The van der Waals surface area contributed by atoms with Crippen LogP contribution in [0.25, 0.3) is 0 Å². The molecular formula is C16H19NOS. The van der Waals surface area contributed by atoms with Crippen molar-refractivity contribution in [1.82, 2.24) is 0 Å². The lowest BCUT2D eigenvalue weighted by atomic mass is 10.2. The highest BCUT2D eigenvalue weighted by molar-refractivity contribution is 7.99. The zero-order valence-electron chi connectivity index (χ0n) is 11.3. The van der Waals surface area contributed by atoms with Crippen molar-refractivity contribution in [3.8, 4) is 5.75 Å². The van der Waals surface area contributed by atoms with Crippen LogP contribution in [0.3, 0.4) is 0 Å². The maximum Gasteiger partial charge on any atom is 0.122 e. The van der Waals surface area contributed by atoms with E-state index in [2.05, 4.69) is 26.0 Å². The van der Waals surface area contributed by atoms with Crippen molar-refractivity contribution >= 4 is 17.4 Å². The van der Waals surface area contributed by atoms with Gasteiger partial charge in [0.2, 0.25) is 0 Å². The van der Waals surface area contributed by atoms with Crippen molar-refractivity contribution in [2.24, 2.45) is 0 Å². The molecule has 0 aliphatic rings. The van der Waals surface area contributed by atoms with Crippen LogP contribution in [-0.4, -0.2) is 12.4 Å². The van der Waals surface area contributed by atoms with Gasteiger partial charge in [0.15, 0.2) is 0 Å². The molecule has 0 spiro atoms. The third-order valence-electron chi connectivity index (χ3n) is 2.90. The van der Waals surface area contributed by atoms with E-state index in [-0.39, 0.29) is 0 Å². The van der Waals surface area contributed by atoms with E-state index in [1.165, 1.54) is 16.0 Å². The number of rotatable bonds is 5. The van der Waals surface area contributed by atoms with Crippen molar-refractivity contribution < 1.29 is 4.74 Å². The minimum atomic E-state index is 0.698. The molecule has 0 heterocycles. The Labute approximate surface area is 119 Å². The number of para-hydroxylation sites is 1. The van der Waals surface area contributed by atoms with Gasteiger partial charge >= 0.3 is 0 Å². The SMILES string of the molecule is Cc1ccccc1OCCSc1cc(N)ccc1C. The van der Waals surface area contributed by atoms with Gasteiger partial charge in [0.05, 0.1) is 6.61 Å². The van der Waals surface area contributed by atoms with Crippen LogP contribution in [0.2, 0.25) is 0 Å². The van der Waals surface area contributed by atoms with Crippen molar-refractivity contribution in [1.29, 1.82) is 0 Å².